The monoisotopic (exact) mass is 437 g/mol. The summed E-state index contributed by atoms with van der Waals surface area (Å²) in [5.74, 6) is -0.378. The van der Waals surface area contributed by atoms with Crippen LogP contribution < -0.4 is 9.73 Å². The number of sulfonamides is 1. The molecule has 0 aliphatic rings. The Balaban J connectivity index is 1.75. The number of aromatic hydroxyl groups is 1. The van der Waals surface area contributed by atoms with Crippen molar-refractivity contribution >= 4 is 27.3 Å². The van der Waals surface area contributed by atoms with E-state index < -0.39 is 15.9 Å². The molecule has 0 heterocycles. The van der Waals surface area contributed by atoms with Crippen LogP contribution in [0.3, 0.4) is 0 Å². The van der Waals surface area contributed by atoms with Crippen molar-refractivity contribution in [2.75, 3.05) is 10.6 Å². The van der Waals surface area contributed by atoms with Crippen molar-refractivity contribution < 1.29 is 18.3 Å². The zero-order chi connectivity index (χ0) is 22.4. The van der Waals surface area contributed by atoms with E-state index in [4.69, 9.17) is 0 Å². The summed E-state index contributed by atoms with van der Waals surface area (Å²) in [4.78, 5) is 12.4. The molecule has 0 unspecified atom stereocenters. The maximum absolute atomic E-state index is 12.4. The number of hydrogen-bond acceptors (Lipinski definition) is 5. The van der Waals surface area contributed by atoms with Gasteiger partial charge in [-0.3, -0.25) is 9.10 Å². The summed E-state index contributed by atoms with van der Waals surface area (Å²) < 4.78 is 25.9. The van der Waals surface area contributed by atoms with Gasteiger partial charge in [-0.2, -0.15) is 5.10 Å². The first-order chi connectivity index (χ1) is 14.8. The van der Waals surface area contributed by atoms with Crippen LogP contribution in [0.4, 0.5) is 5.69 Å². The lowest BCUT2D eigenvalue weighted by Crippen LogP contribution is -2.29. The summed E-state index contributed by atoms with van der Waals surface area (Å²) >= 11 is 0. The number of hydrogen-bond donors (Lipinski definition) is 2. The Hall–Kier alpha value is -3.65. The largest absolute Gasteiger partial charge is 0.507 e. The standard InChI is InChI=1S/C23H23N3O4S/c1-17(21-10-6-7-11-22(21)27)24-25-23(28)19-12-14-20(15-13-19)26(31(2,29)30)16-18-8-4-3-5-9-18/h3-15,27H,16H2,1-2H3,(H,25,28). The number of phenols is 1. The highest BCUT2D eigenvalue weighted by Crippen LogP contribution is 2.21. The predicted molar refractivity (Wildman–Crippen MR) is 122 cm³/mol. The number of amides is 1. The van der Waals surface area contributed by atoms with Gasteiger partial charge < -0.3 is 5.11 Å². The van der Waals surface area contributed by atoms with E-state index in [9.17, 15) is 18.3 Å². The number of anilines is 1. The normalized spacial score (nSPS) is 11.7. The van der Waals surface area contributed by atoms with Crippen LogP contribution in [0.25, 0.3) is 0 Å². The van der Waals surface area contributed by atoms with Crippen molar-refractivity contribution in [1.29, 1.82) is 0 Å². The van der Waals surface area contributed by atoms with Gasteiger partial charge in [0, 0.05) is 11.1 Å². The Kier molecular flexibility index (Phi) is 6.71. The molecule has 1 amide bonds. The van der Waals surface area contributed by atoms with E-state index >= 15 is 0 Å². The minimum absolute atomic E-state index is 0.0710. The van der Waals surface area contributed by atoms with Crippen molar-refractivity contribution in [1.82, 2.24) is 5.43 Å². The fourth-order valence-corrected chi connectivity index (χ4v) is 3.86. The highest BCUT2D eigenvalue weighted by Gasteiger charge is 2.18. The number of benzene rings is 3. The first kappa shape index (κ1) is 22.0. The van der Waals surface area contributed by atoms with Gasteiger partial charge in [-0.1, -0.05) is 42.5 Å². The number of nitrogens with zero attached hydrogens (tertiary/aromatic N) is 2. The Morgan fingerprint density at radius 2 is 1.58 bits per heavy atom. The Labute approximate surface area is 181 Å². The second kappa shape index (κ2) is 9.44. The van der Waals surface area contributed by atoms with E-state index in [-0.39, 0.29) is 12.3 Å². The van der Waals surface area contributed by atoms with Gasteiger partial charge in [-0.05, 0) is 48.9 Å². The lowest BCUT2D eigenvalue weighted by molar-refractivity contribution is 0.0955. The molecular weight excluding hydrogens is 414 g/mol. The fraction of sp³-hybridized carbons (Fsp3) is 0.130. The van der Waals surface area contributed by atoms with Gasteiger partial charge in [0.1, 0.15) is 5.75 Å². The maximum atomic E-state index is 12.4. The number of hydrazone groups is 1. The number of rotatable bonds is 7. The van der Waals surface area contributed by atoms with Crippen LogP contribution in [0.15, 0.2) is 84.0 Å². The molecule has 0 bridgehead atoms. The molecule has 0 aromatic heterocycles. The zero-order valence-corrected chi connectivity index (χ0v) is 18.0. The molecule has 3 aromatic rings. The molecular formula is C23H23N3O4S. The molecule has 0 radical (unpaired) electrons. The predicted octanol–water partition coefficient (Wildman–Crippen LogP) is 3.51. The molecule has 31 heavy (non-hydrogen) atoms. The molecule has 8 heteroatoms. The molecule has 0 saturated carbocycles. The van der Waals surface area contributed by atoms with Crippen LogP contribution in [-0.4, -0.2) is 31.4 Å². The highest BCUT2D eigenvalue weighted by molar-refractivity contribution is 7.92. The molecule has 3 aromatic carbocycles. The van der Waals surface area contributed by atoms with E-state index in [0.29, 0.717) is 22.5 Å². The van der Waals surface area contributed by atoms with Crippen LogP contribution in [0.5, 0.6) is 5.75 Å². The summed E-state index contributed by atoms with van der Waals surface area (Å²) in [5, 5.41) is 13.9. The molecule has 0 saturated heterocycles. The maximum Gasteiger partial charge on any atom is 0.271 e. The molecule has 0 fully saturated rings. The molecule has 3 rings (SSSR count). The van der Waals surface area contributed by atoms with Gasteiger partial charge in [0.25, 0.3) is 5.91 Å². The van der Waals surface area contributed by atoms with E-state index in [1.165, 1.54) is 10.4 Å². The van der Waals surface area contributed by atoms with Gasteiger partial charge >= 0.3 is 0 Å². The quantitative estimate of drug-likeness (QED) is 0.436. The average Bonchev–Trinajstić information content (AvgIpc) is 2.76. The lowest BCUT2D eigenvalue weighted by atomic mass is 10.1. The first-order valence-corrected chi connectivity index (χ1v) is 11.4. The van der Waals surface area contributed by atoms with Gasteiger partial charge in [0.05, 0.1) is 24.2 Å². The third-order valence-electron chi connectivity index (χ3n) is 4.61. The van der Waals surface area contributed by atoms with E-state index in [1.54, 1.807) is 49.4 Å². The van der Waals surface area contributed by atoms with Crippen LogP contribution >= 0.6 is 0 Å². The molecule has 0 spiro atoms. The number of carbonyl (C=O) groups is 1. The smallest absolute Gasteiger partial charge is 0.271 e. The average molecular weight is 438 g/mol. The SMILES string of the molecule is CC(=NNC(=O)c1ccc(N(Cc2ccccc2)S(C)(=O)=O)cc1)c1ccccc1O. The van der Waals surface area contributed by atoms with E-state index in [2.05, 4.69) is 10.5 Å². The van der Waals surface area contributed by atoms with Crippen molar-refractivity contribution in [3.05, 3.63) is 95.6 Å². The van der Waals surface area contributed by atoms with Crippen molar-refractivity contribution in [2.24, 2.45) is 5.10 Å². The third kappa shape index (κ3) is 5.70. The molecule has 0 aliphatic heterocycles. The topological polar surface area (TPSA) is 99.1 Å². The minimum Gasteiger partial charge on any atom is -0.507 e. The van der Waals surface area contributed by atoms with Crippen LogP contribution in [0.2, 0.25) is 0 Å². The van der Waals surface area contributed by atoms with Gasteiger partial charge in [0.2, 0.25) is 10.0 Å². The van der Waals surface area contributed by atoms with Gasteiger partial charge in [-0.25, -0.2) is 13.8 Å². The Bertz CT molecular complexity index is 1190. The summed E-state index contributed by atoms with van der Waals surface area (Å²) in [5.41, 5.74) is 5.05. The summed E-state index contributed by atoms with van der Waals surface area (Å²) in [6.45, 7) is 1.86. The summed E-state index contributed by atoms with van der Waals surface area (Å²) in [7, 11) is -3.52. The van der Waals surface area contributed by atoms with Crippen molar-refractivity contribution in [3.8, 4) is 5.75 Å². The number of carbonyl (C=O) groups excluding carboxylic acids is 1. The molecule has 160 valence electrons. The van der Waals surface area contributed by atoms with Crippen LogP contribution in [0.1, 0.15) is 28.4 Å². The summed E-state index contributed by atoms with van der Waals surface area (Å²) in [6.07, 6.45) is 1.15. The van der Waals surface area contributed by atoms with Gasteiger partial charge in [0.15, 0.2) is 0 Å². The molecule has 2 N–H and O–H groups in total. The van der Waals surface area contributed by atoms with E-state index in [1.807, 2.05) is 30.3 Å². The lowest BCUT2D eigenvalue weighted by Gasteiger charge is -2.22. The van der Waals surface area contributed by atoms with Gasteiger partial charge in [-0.15, -0.1) is 0 Å². The third-order valence-corrected chi connectivity index (χ3v) is 5.75. The summed E-state index contributed by atoms with van der Waals surface area (Å²) in [6, 6.07) is 22.2. The highest BCUT2D eigenvalue weighted by atomic mass is 32.2. The molecule has 0 atom stereocenters. The number of para-hydroxylation sites is 1. The fourth-order valence-electron chi connectivity index (χ4n) is 2.97. The van der Waals surface area contributed by atoms with Crippen LogP contribution in [0, 0.1) is 0 Å². The second-order valence-corrected chi connectivity index (χ2v) is 8.86. The van der Waals surface area contributed by atoms with Crippen molar-refractivity contribution in [3.63, 3.8) is 0 Å². The zero-order valence-electron chi connectivity index (χ0n) is 17.2. The Morgan fingerprint density at radius 3 is 2.19 bits per heavy atom. The Morgan fingerprint density at radius 1 is 0.968 bits per heavy atom. The minimum atomic E-state index is -3.52. The second-order valence-electron chi connectivity index (χ2n) is 6.96. The van der Waals surface area contributed by atoms with E-state index in [0.717, 1.165) is 11.8 Å². The number of nitrogens with one attached hydrogen (secondary N) is 1. The van der Waals surface area contributed by atoms with Crippen LogP contribution in [-0.2, 0) is 16.6 Å². The van der Waals surface area contributed by atoms with Crippen molar-refractivity contribution in [2.45, 2.75) is 13.5 Å². The number of phenolic OH excluding ortho intramolecular Hbond substituents is 1. The molecule has 0 aliphatic carbocycles. The first-order valence-electron chi connectivity index (χ1n) is 9.50. The molecule has 7 nitrogen and oxygen atoms in total.